The van der Waals surface area contributed by atoms with Gasteiger partial charge in [0.1, 0.15) is 0 Å². The quantitative estimate of drug-likeness (QED) is 0.675. The molecule has 0 bridgehead atoms. The van der Waals surface area contributed by atoms with Crippen LogP contribution < -0.4 is 0 Å². The fraction of sp³-hybridized carbons (Fsp3) is 0.167. The van der Waals surface area contributed by atoms with E-state index in [1.165, 1.54) is 0 Å². The third-order valence-electron chi connectivity index (χ3n) is 2.01. The molecule has 14 heavy (non-hydrogen) atoms. The first-order valence-electron chi connectivity index (χ1n) is 4.33. The van der Waals surface area contributed by atoms with Gasteiger partial charge in [-0.3, -0.25) is 0 Å². The van der Waals surface area contributed by atoms with Gasteiger partial charge in [0.25, 0.3) is 0 Å². The minimum Gasteiger partial charge on any atom is -0.198 e. The summed E-state index contributed by atoms with van der Waals surface area (Å²) in [6.07, 6.45) is 2.28. The van der Waals surface area contributed by atoms with Crippen molar-refractivity contribution in [1.29, 1.82) is 10.5 Å². The van der Waals surface area contributed by atoms with E-state index in [1.807, 2.05) is 12.1 Å². The molecule has 0 aliphatic heterocycles. The van der Waals surface area contributed by atoms with Crippen LogP contribution in [-0.4, -0.2) is 0 Å². The van der Waals surface area contributed by atoms with Gasteiger partial charge in [-0.15, -0.1) is 6.58 Å². The summed E-state index contributed by atoms with van der Waals surface area (Å²) in [6.45, 7) is 3.60. The molecule has 0 N–H and O–H groups in total. The van der Waals surface area contributed by atoms with Gasteiger partial charge in [0.05, 0.1) is 23.6 Å². The Bertz CT molecular complexity index is 407. The molecule has 0 saturated heterocycles. The molecule has 0 radical (unpaired) electrons. The van der Waals surface area contributed by atoms with Crippen molar-refractivity contribution >= 4 is 0 Å². The Hall–Kier alpha value is -2.06. The molecule has 0 saturated carbocycles. The molecule has 0 aliphatic carbocycles. The number of hydrogen-bond acceptors (Lipinski definition) is 2. The maximum absolute atomic E-state index is 8.92. The van der Waals surface area contributed by atoms with E-state index in [1.54, 1.807) is 18.2 Å². The van der Waals surface area contributed by atoms with Gasteiger partial charge in [-0.1, -0.05) is 24.3 Å². The first-order valence-corrected chi connectivity index (χ1v) is 4.33. The maximum atomic E-state index is 8.92. The van der Waals surface area contributed by atoms with Gasteiger partial charge in [-0.05, 0) is 18.1 Å². The molecule has 0 amide bonds. The SMILES string of the molecule is C=CCC(C#N)c1ccccc1C#N. The highest BCUT2D eigenvalue weighted by Crippen LogP contribution is 2.22. The molecule has 0 spiro atoms. The molecule has 2 heteroatoms. The molecule has 0 fully saturated rings. The van der Waals surface area contributed by atoms with Crippen LogP contribution in [0.25, 0.3) is 0 Å². The van der Waals surface area contributed by atoms with Crippen molar-refractivity contribution in [2.45, 2.75) is 12.3 Å². The van der Waals surface area contributed by atoms with Crippen LogP contribution in [0.1, 0.15) is 23.5 Å². The van der Waals surface area contributed by atoms with E-state index in [-0.39, 0.29) is 5.92 Å². The average molecular weight is 182 g/mol. The lowest BCUT2D eigenvalue weighted by atomic mass is 9.93. The first kappa shape index (κ1) is 10.0. The van der Waals surface area contributed by atoms with Crippen LogP contribution in [0.15, 0.2) is 36.9 Å². The Morgan fingerprint density at radius 1 is 1.36 bits per heavy atom. The summed E-state index contributed by atoms with van der Waals surface area (Å²) in [4.78, 5) is 0. The molecular formula is C12H10N2. The Labute approximate surface area is 83.7 Å². The standard InChI is InChI=1S/C12H10N2/c1-2-5-10(8-13)12-7-4-3-6-11(12)9-14/h2-4,6-7,10H,1,5H2. The van der Waals surface area contributed by atoms with Crippen LogP contribution in [0.2, 0.25) is 0 Å². The zero-order valence-corrected chi connectivity index (χ0v) is 7.77. The fourth-order valence-corrected chi connectivity index (χ4v) is 1.32. The smallest absolute Gasteiger partial charge is 0.0995 e. The van der Waals surface area contributed by atoms with Crippen LogP contribution in [0.4, 0.5) is 0 Å². The molecule has 68 valence electrons. The number of rotatable bonds is 3. The Morgan fingerprint density at radius 2 is 2.07 bits per heavy atom. The number of benzene rings is 1. The second-order valence-corrected chi connectivity index (χ2v) is 2.91. The van der Waals surface area contributed by atoms with E-state index in [4.69, 9.17) is 10.5 Å². The van der Waals surface area contributed by atoms with Crippen molar-refractivity contribution in [2.24, 2.45) is 0 Å². The summed E-state index contributed by atoms with van der Waals surface area (Å²) in [5.41, 5.74) is 1.36. The third-order valence-corrected chi connectivity index (χ3v) is 2.01. The van der Waals surface area contributed by atoms with Gasteiger partial charge in [0.15, 0.2) is 0 Å². The lowest BCUT2D eigenvalue weighted by Crippen LogP contribution is -1.97. The van der Waals surface area contributed by atoms with Crippen LogP contribution in [0.3, 0.4) is 0 Å². The third kappa shape index (κ3) is 2.00. The summed E-state index contributed by atoms with van der Waals surface area (Å²) in [5, 5.41) is 17.8. The Kier molecular flexibility index (Phi) is 3.47. The predicted molar refractivity (Wildman–Crippen MR) is 54.3 cm³/mol. The zero-order valence-electron chi connectivity index (χ0n) is 7.77. The molecule has 1 aromatic carbocycles. The van der Waals surface area contributed by atoms with Crippen LogP contribution in [0.5, 0.6) is 0 Å². The zero-order chi connectivity index (χ0) is 10.4. The van der Waals surface area contributed by atoms with Gasteiger partial charge in [0, 0.05) is 0 Å². The van der Waals surface area contributed by atoms with E-state index in [0.29, 0.717) is 12.0 Å². The van der Waals surface area contributed by atoms with Crippen molar-refractivity contribution < 1.29 is 0 Å². The summed E-state index contributed by atoms with van der Waals surface area (Å²) in [6, 6.07) is 11.4. The van der Waals surface area contributed by atoms with Crippen LogP contribution >= 0.6 is 0 Å². The van der Waals surface area contributed by atoms with Crippen molar-refractivity contribution in [3.8, 4) is 12.1 Å². The van der Waals surface area contributed by atoms with Crippen LogP contribution in [-0.2, 0) is 0 Å². The Balaban J connectivity index is 3.11. The highest BCUT2D eigenvalue weighted by Gasteiger charge is 2.12. The van der Waals surface area contributed by atoms with Crippen LogP contribution in [0, 0.1) is 22.7 Å². The number of nitriles is 2. The van der Waals surface area contributed by atoms with Crippen molar-refractivity contribution in [3.05, 3.63) is 48.0 Å². The largest absolute Gasteiger partial charge is 0.198 e. The summed E-state index contributed by atoms with van der Waals surface area (Å²) in [7, 11) is 0. The minimum absolute atomic E-state index is 0.261. The second-order valence-electron chi connectivity index (χ2n) is 2.91. The van der Waals surface area contributed by atoms with Crippen molar-refractivity contribution in [3.63, 3.8) is 0 Å². The van der Waals surface area contributed by atoms with Crippen molar-refractivity contribution in [1.82, 2.24) is 0 Å². The van der Waals surface area contributed by atoms with Crippen molar-refractivity contribution in [2.75, 3.05) is 0 Å². The van der Waals surface area contributed by atoms with E-state index in [9.17, 15) is 0 Å². The lowest BCUT2D eigenvalue weighted by Gasteiger charge is -2.07. The van der Waals surface area contributed by atoms with Gasteiger partial charge in [-0.25, -0.2) is 0 Å². The van der Waals surface area contributed by atoms with Gasteiger partial charge in [0.2, 0.25) is 0 Å². The van der Waals surface area contributed by atoms with Gasteiger partial charge < -0.3 is 0 Å². The number of allylic oxidation sites excluding steroid dienone is 1. The monoisotopic (exact) mass is 182 g/mol. The molecule has 1 aromatic rings. The topological polar surface area (TPSA) is 47.6 Å². The molecule has 0 aromatic heterocycles. The summed E-state index contributed by atoms with van der Waals surface area (Å²) < 4.78 is 0. The number of nitrogens with zero attached hydrogens (tertiary/aromatic N) is 2. The average Bonchev–Trinajstić information content (AvgIpc) is 2.26. The second kappa shape index (κ2) is 4.84. The predicted octanol–water partition coefficient (Wildman–Crippen LogP) is 2.74. The van der Waals surface area contributed by atoms with E-state index >= 15 is 0 Å². The van der Waals surface area contributed by atoms with E-state index < -0.39 is 0 Å². The Morgan fingerprint density at radius 3 is 2.64 bits per heavy atom. The first-order chi connectivity index (χ1) is 6.83. The summed E-state index contributed by atoms with van der Waals surface area (Å²) >= 11 is 0. The molecule has 1 rings (SSSR count). The molecular weight excluding hydrogens is 172 g/mol. The van der Waals surface area contributed by atoms with Gasteiger partial charge in [-0.2, -0.15) is 10.5 Å². The molecule has 1 atom stereocenters. The normalized spacial score (nSPS) is 11.0. The lowest BCUT2D eigenvalue weighted by molar-refractivity contribution is 0.875. The van der Waals surface area contributed by atoms with Gasteiger partial charge >= 0.3 is 0 Å². The fourth-order valence-electron chi connectivity index (χ4n) is 1.32. The summed E-state index contributed by atoms with van der Waals surface area (Å²) in [5.74, 6) is -0.261. The molecule has 2 nitrogen and oxygen atoms in total. The highest BCUT2D eigenvalue weighted by molar-refractivity contribution is 5.42. The molecule has 0 aliphatic rings. The maximum Gasteiger partial charge on any atom is 0.0995 e. The molecule has 0 heterocycles. The minimum atomic E-state index is -0.261. The number of hydrogen-bond donors (Lipinski definition) is 0. The molecule has 1 unspecified atom stereocenters. The van der Waals surface area contributed by atoms with E-state index in [0.717, 1.165) is 5.56 Å². The highest BCUT2D eigenvalue weighted by atomic mass is 14.3. The van der Waals surface area contributed by atoms with E-state index in [2.05, 4.69) is 18.7 Å².